The lowest BCUT2D eigenvalue weighted by molar-refractivity contribution is -0.124. The summed E-state index contributed by atoms with van der Waals surface area (Å²) in [5, 5.41) is 3.79. The van der Waals surface area contributed by atoms with Crippen LogP contribution in [0, 0.1) is 0 Å². The lowest BCUT2D eigenvalue weighted by atomic mass is 10.2. The van der Waals surface area contributed by atoms with E-state index < -0.39 is 0 Å². The standard InChI is InChI=1S/C18H16Cl2N2O3/c19-13-6-5-12(14(20)9-13)10-21-17(23)11-22-15-3-1-2-4-16(15)25-8-7-18(22)24/h1-6,9H,7-8,10-11H2,(H,21,23). The molecule has 1 aliphatic rings. The minimum absolute atomic E-state index is 0.0790. The van der Waals surface area contributed by atoms with Gasteiger partial charge in [-0.2, -0.15) is 0 Å². The Kier molecular flexibility index (Phi) is 5.46. The number of ether oxygens (including phenoxy) is 1. The molecule has 0 aliphatic carbocycles. The van der Waals surface area contributed by atoms with Crippen LogP contribution in [-0.4, -0.2) is 25.0 Å². The van der Waals surface area contributed by atoms with Crippen molar-refractivity contribution in [3.8, 4) is 5.75 Å². The average molecular weight is 379 g/mol. The molecule has 0 spiro atoms. The van der Waals surface area contributed by atoms with Crippen LogP contribution in [0.1, 0.15) is 12.0 Å². The Labute approximate surface area is 155 Å². The van der Waals surface area contributed by atoms with Crippen LogP contribution >= 0.6 is 23.2 Å². The smallest absolute Gasteiger partial charge is 0.240 e. The Hall–Kier alpha value is -2.24. The van der Waals surface area contributed by atoms with Gasteiger partial charge >= 0.3 is 0 Å². The monoisotopic (exact) mass is 378 g/mol. The Balaban J connectivity index is 1.68. The highest BCUT2D eigenvalue weighted by atomic mass is 35.5. The number of carbonyl (C=O) groups is 2. The van der Waals surface area contributed by atoms with E-state index >= 15 is 0 Å². The van der Waals surface area contributed by atoms with Crippen LogP contribution in [0.2, 0.25) is 10.0 Å². The summed E-state index contributed by atoms with van der Waals surface area (Å²) >= 11 is 12.0. The SMILES string of the molecule is O=C(CN1C(=O)CCOc2ccccc21)NCc1ccc(Cl)cc1Cl. The van der Waals surface area contributed by atoms with Crippen LogP contribution in [0.25, 0.3) is 0 Å². The molecule has 0 bridgehead atoms. The Morgan fingerprint density at radius 1 is 1.20 bits per heavy atom. The Morgan fingerprint density at radius 2 is 2.00 bits per heavy atom. The van der Waals surface area contributed by atoms with Gasteiger partial charge in [0.15, 0.2) is 0 Å². The topological polar surface area (TPSA) is 58.6 Å². The summed E-state index contributed by atoms with van der Waals surface area (Å²) in [6.45, 7) is 0.480. The van der Waals surface area contributed by atoms with Gasteiger partial charge in [-0.15, -0.1) is 0 Å². The molecular weight excluding hydrogens is 363 g/mol. The van der Waals surface area contributed by atoms with Crippen molar-refractivity contribution < 1.29 is 14.3 Å². The zero-order valence-corrected chi connectivity index (χ0v) is 14.8. The Morgan fingerprint density at radius 3 is 2.80 bits per heavy atom. The Bertz CT molecular complexity index is 811. The van der Waals surface area contributed by atoms with Crippen molar-refractivity contribution in [3.05, 3.63) is 58.1 Å². The molecule has 0 saturated heterocycles. The van der Waals surface area contributed by atoms with E-state index in [2.05, 4.69) is 5.32 Å². The molecule has 5 nitrogen and oxygen atoms in total. The summed E-state index contributed by atoms with van der Waals surface area (Å²) < 4.78 is 5.56. The molecule has 1 N–H and O–H groups in total. The van der Waals surface area contributed by atoms with Gasteiger partial charge in [-0.25, -0.2) is 0 Å². The number of amides is 2. The van der Waals surface area contributed by atoms with Gasteiger partial charge in [0.05, 0.1) is 18.7 Å². The molecule has 25 heavy (non-hydrogen) atoms. The molecule has 0 fully saturated rings. The summed E-state index contributed by atoms with van der Waals surface area (Å²) in [5.74, 6) is 0.169. The first-order valence-corrected chi connectivity index (χ1v) is 8.53. The molecule has 0 unspecified atom stereocenters. The fourth-order valence-corrected chi connectivity index (χ4v) is 3.03. The number of nitrogens with zero attached hydrogens (tertiary/aromatic N) is 1. The largest absolute Gasteiger partial charge is 0.491 e. The van der Waals surface area contributed by atoms with E-state index in [0.717, 1.165) is 5.56 Å². The molecule has 1 aliphatic heterocycles. The van der Waals surface area contributed by atoms with Crippen LogP contribution in [0.15, 0.2) is 42.5 Å². The molecule has 3 rings (SSSR count). The van der Waals surface area contributed by atoms with Crippen molar-refractivity contribution in [2.75, 3.05) is 18.1 Å². The number of benzene rings is 2. The van der Waals surface area contributed by atoms with Crippen molar-refractivity contribution in [1.29, 1.82) is 0 Å². The summed E-state index contributed by atoms with van der Waals surface area (Å²) in [4.78, 5) is 26.1. The van der Waals surface area contributed by atoms with Crippen LogP contribution in [0.5, 0.6) is 5.75 Å². The van der Waals surface area contributed by atoms with Crippen molar-refractivity contribution in [2.24, 2.45) is 0 Å². The van der Waals surface area contributed by atoms with Gasteiger partial charge in [-0.1, -0.05) is 41.4 Å². The van der Waals surface area contributed by atoms with E-state index in [1.165, 1.54) is 4.90 Å². The first-order valence-electron chi connectivity index (χ1n) is 7.77. The molecule has 2 aromatic carbocycles. The molecule has 130 valence electrons. The van der Waals surface area contributed by atoms with Crippen LogP contribution in [0.4, 0.5) is 5.69 Å². The van der Waals surface area contributed by atoms with Crippen molar-refractivity contribution in [1.82, 2.24) is 5.32 Å². The molecule has 0 aromatic heterocycles. The van der Waals surface area contributed by atoms with Gasteiger partial charge in [-0.3, -0.25) is 14.5 Å². The maximum absolute atomic E-state index is 12.3. The number of halogens is 2. The zero-order valence-electron chi connectivity index (χ0n) is 13.3. The number of carbonyl (C=O) groups excluding carboxylic acids is 2. The van der Waals surface area contributed by atoms with E-state index in [-0.39, 0.29) is 31.3 Å². The number of anilines is 1. The summed E-state index contributed by atoms with van der Waals surface area (Å²) in [5.41, 5.74) is 1.36. The fourth-order valence-electron chi connectivity index (χ4n) is 2.55. The molecule has 1 heterocycles. The van der Waals surface area contributed by atoms with Crippen LogP contribution in [-0.2, 0) is 16.1 Å². The number of hydrogen-bond donors (Lipinski definition) is 1. The lowest BCUT2D eigenvalue weighted by Crippen LogP contribution is -2.40. The minimum atomic E-state index is -0.281. The maximum atomic E-state index is 12.3. The molecule has 7 heteroatoms. The molecule has 2 aromatic rings. The normalized spacial score (nSPS) is 13.7. The van der Waals surface area contributed by atoms with Gasteiger partial charge in [0.25, 0.3) is 0 Å². The maximum Gasteiger partial charge on any atom is 0.240 e. The number of nitrogens with one attached hydrogen (secondary N) is 1. The number of rotatable bonds is 4. The number of para-hydroxylation sites is 2. The predicted molar refractivity (Wildman–Crippen MR) is 97.2 cm³/mol. The van der Waals surface area contributed by atoms with E-state index in [1.54, 1.807) is 36.4 Å². The highest BCUT2D eigenvalue weighted by Gasteiger charge is 2.24. The summed E-state index contributed by atoms with van der Waals surface area (Å²) in [6, 6.07) is 12.3. The van der Waals surface area contributed by atoms with Crippen LogP contribution in [0.3, 0.4) is 0 Å². The van der Waals surface area contributed by atoms with E-state index in [0.29, 0.717) is 28.1 Å². The molecule has 0 saturated carbocycles. The summed E-state index contributed by atoms with van der Waals surface area (Å²) in [7, 11) is 0. The van der Waals surface area contributed by atoms with E-state index in [4.69, 9.17) is 27.9 Å². The quantitative estimate of drug-likeness (QED) is 0.886. The molecule has 2 amide bonds. The third-order valence-corrected chi connectivity index (χ3v) is 4.41. The van der Waals surface area contributed by atoms with Crippen molar-refractivity contribution in [2.45, 2.75) is 13.0 Å². The first kappa shape index (κ1) is 17.6. The average Bonchev–Trinajstić information content (AvgIpc) is 2.74. The van der Waals surface area contributed by atoms with Crippen LogP contribution < -0.4 is 15.0 Å². The third-order valence-electron chi connectivity index (χ3n) is 3.82. The highest BCUT2D eigenvalue weighted by molar-refractivity contribution is 6.35. The third kappa shape index (κ3) is 4.24. The van der Waals surface area contributed by atoms with Gasteiger partial charge in [0.1, 0.15) is 12.3 Å². The van der Waals surface area contributed by atoms with Gasteiger partial charge < -0.3 is 10.1 Å². The zero-order chi connectivity index (χ0) is 17.8. The minimum Gasteiger partial charge on any atom is -0.491 e. The fraction of sp³-hybridized carbons (Fsp3) is 0.222. The molecule has 0 atom stereocenters. The summed E-state index contributed by atoms with van der Waals surface area (Å²) in [6.07, 6.45) is 0.227. The number of fused-ring (bicyclic) bond motifs is 1. The van der Waals surface area contributed by atoms with Gasteiger partial charge in [-0.05, 0) is 29.8 Å². The van der Waals surface area contributed by atoms with E-state index in [1.807, 2.05) is 6.07 Å². The number of hydrogen-bond acceptors (Lipinski definition) is 3. The van der Waals surface area contributed by atoms with Gasteiger partial charge in [0.2, 0.25) is 11.8 Å². The van der Waals surface area contributed by atoms with Crippen molar-refractivity contribution >= 4 is 40.7 Å². The van der Waals surface area contributed by atoms with E-state index in [9.17, 15) is 9.59 Å². The molecular formula is C18H16Cl2N2O3. The predicted octanol–water partition coefficient (Wildman–Crippen LogP) is 3.43. The van der Waals surface area contributed by atoms with Crippen molar-refractivity contribution in [3.63, 3.8) is 0 Å². The first-order chi connectivity index (χ1) is 12.0. The highest BCUT2D eigenvalue weighted by Crippen LogP contribution is 2.30. The lowest BCUT2D eigenvalue weighted by Gasteiger charge is -2.21. The second-order valence-corrected chi connectivity index (χ2v) is 6.40. The molecule has 0 radical (unpaired) electrons. The van der Waals surface area contributed by atoms with Gasteiger partial charge in [0, 0.05) is 16.6 Å². The second-order valence-electron chi connectivity index (χ2n) is 5.56. The second kappa shape index (κ2) is 7.76.